The molecular weight excluding hydrogens is 182 g/mol. The molecule has 0 saturated heterocycles. The second-order valence-electron chi connectivity index (χ2n) is 3.79. The van der Waals surface area contributed by atoms with Gasteiger partial charge in [0.1, 0.15) is 5.41 Å². The van der Waals surface area contributed by atoms with Crippen molar-refractivity contribution in [3.05, 3.63) is 12.7 Å². The van der Waals surface area contributed by atoms with Gasteiger partial charge in [-0.15, -0.1) is 6.58 Å². The van der Waals surface area contributed by atoms with E-state index in [1.165, 1.54) is 0 Å². The first-order valence-electron chi connectivity index (χ1n) is 4.68. The zero-order valence-electron chi connectivity index (χ0n) is 8.25. The summed E-state index contributed by atoms with van der Waals surface area (Å²) in [5.41, 5.74) is -1.13. The van der Waals surface area contributed by atoms with Gasteiger partial charge in [0.2, 0.25) is 5.91 Å². The lowest BCUT2D eigenvalue weighted by molar-refractivity contribution is -0.149. The number of carboxylic acids is 1. The number of nitrogens with one attached hydrogen (secondary N) is 1. The molecule has 1 rings (SSSR count). The molecule has 14 heavy (non-hydrogen) atoms. The molecule has 0 aliphatic heterocycles. The van der Waals surface area contributed by atoms with Crippen molar-refractivity contribution in [2.24, 2.45) is 5.41 Å². The highest BCUT2D eigenvalue weighted by molar-refractivity contribution is 6.04. The maximum absolute atomic E-state index is 11.5. The van der Waals surface area contributed by atoms with Gasteiger partial charge in [-0.3, -0.25) is 9.59 Å². The molecule has 0 heterocycles. The first kappa shape index (κ1) is 10.8. The van der Waals surface area contributed by atoms with Gasteiger partial charge in [0, 0.05) is 6.04 Å². The number of aliphatic carboxylic acids is 1. The maximum atomic E-state index is 11.5. The van der Waals surface area contributed by atoms with Gasteiger partial charge in [0.15, 0.2) is 0 Å². The molecule has 78 valence electrons. The third-order valence-electron chi connectivity index (χ3n) is 2.49. The summed E-state index contributed by atoms with van der Waals surface area (Å²) in [7, 11) is 0. The van der Waals surface area contributed by atoms with Crippen molar-refractivity contribution in [1.82, 2.24) is 5.32 Å². The molecule has 4 nitrogen and oxygen atoms in total. The first-order chi connectivity index (χ1) is 6.53. The molecule has 1 aliphatic carbocycles. The third kappa shape index (κ3) is 1.95. The monoisotopic (exact) mass is 197 g/mol. The van der Waals surface area contributed by atoms with Crippen LogP contribution in [0.1, 0.15) is 26.2 Å². The van der Waals surface area contributed by atoms with E-state index in [2.05, 4.69) is 11.9 Å². The van der Waals surface area contributed by atoms with Gasteiger partial charge in [0.25, 0.3) is 0 Å². The van der Waals surface area contributed by atoms with Crippen LogP contribution in [0.25, 0.3) is 0 Å². The maximum Gasteiger partial charge on any atom is 0.319 e. The van der Waals surface area contributed by atoms with E-state index in [4.69, 9.17) is 5.11 Å². The molecule has 0 radical (unpaired) electrons. The van der Waals surface area contributed by atoms with Crippen LogP contribution in [0, 0.1) is 5.41 Å². The molecule has 0 spiro atoms. The smallest absolute Gasteiger partial charge is 0.319 e. The summed E-state index contributed by atoms with van der Waals surface area (Å²) >= 11 is 0. The Morgan fingerprint density at radius 1 is 1.64 bits per heavy atom. The summed E-state index contributed by atoms with van der Waals surface area (Å²) in [5.74, 6) is -1.37. The summed E-state index contributed by atoms with van der Waals surface area (Å²) in [6.07, 6.45) is 3.26. The van der Waals surface area contributed by atoms with Crippen LogP contribution in [0.15, 0.2) is 12.7 Å². The largest absolute Gasteiger partial charge is 0.480 e. The number of amides is 1. The van der Waals surface area contributed by atoms with Crippen LogP contribution >= 0.6 is 0 Å². The van der Waals surface area contributed by atoms with Gasteiger partial charge in [-0.25, -0.2) is 0 Å². The summed E-state index contributed by atoms with van der Waals surface area (Å²) in [4.78, 5) is 22.3. The van der Waals surface area contributed by atoms with E-state index in [9.17, 15) is 9.59 Å². The Morgan fingerprint density at radius 2 is 2.21 bits per heavy atom. The van der Waals surface area contributed by atoms with Crippen molar-refractivity contribution in [3.63, 3.8) is 0 Å². The molecule has 1 saturated carbocycles. The highest BCUT2D eigenvalue weighted by atomic mass is 16.4. The molecule has 1 amide bonds. The highest BCUT2D eigenvalue weighted by Gasteiger charge is 2.57. The third-order valence-corrected chi connectivity index (χ3v) is 2.49. The average Bonchev–Trinajstić information content (AvgIpc) is 2.83. The molecular formula is C10H15NO3. The van der Waals surface area contributed by atoms with E-state index >= 15 is 0 Å². The van der Waals surface area contributed by atoms with Gasteiger partial charge in [-0.1, -0.05) is 6.08 Å². The lowest BCUT2D eigenvalue weighted by Gasteiger charge is -2.15. The minimum Gasteiger partial charge on any atom is -0.480 e. The zero-order chi connectivity index (χ0) is 10.8. The average molecular weight is 197 g/mol. The lowest BCUT2D eigenvalue weighted by Crippen LogP contribution is -2.41. The molecule has 1 aliphatic rings. The van der Waals surface area contributed by atoms with Gasteiger partial charge in [0.05, 0.1) is 0 Å². The van der Waals surface area contributed by atoms with E-state index in [-0.39, 0.29) is 11.9 Å². The molecule has 0 aromatic heterocycles. The summed E-state index contributed by atoms with van der Waals surface area (Å²) in [6, 6.07) is -0.0446. The van der Waals surface area contributed by atoms with E-state index in [0.29, 0.717) is 19.3 Å². The van der Waals surface area contributed by atoms with Crippen molar-refractivity contribution in [3.8, 4) is 0 Å². The Bertz CT molecular complexity index is 269. The Labute approximate surface area is 83.0 Å². The number of carbonyl (C=O) groups excluding carboxylic acids is 1. The number of hydrogen-bond acceptors (Lipinski definition) is 2. The molecule has 0 aromatic carbocycles. The Kier molecular flexibility index (Phi) is 2.93. The van der Waals surface area contributed by atoms with Gasteiger partial charge in [-0.05, 0) is 26.2 Å². The van der Waals surface area contributed by atoms with Gasteiger partial charge in [-0.2, -0.15) is 0 Å². The van der Waals surface area contributed by atoms with Crippen molar-refractivity contribution < 1.29 is 14.7 Å². The molecule has 0 aromatic rings. The summed E-state index contributed by atoms with van der Waals surface area (Å²) in [6.45, 7) is 5.38. The SMILES string of the molecule is C=CCC(C)NC(=O)C1(C(=O)O)CC1. The fourth-order valence-electron chi connectivity index (χ4n) is 1.33. The number of hydrogen-bond donors (Lipinski definition) is 2. The van der Waals surface area contributed by atoms with Crippen molar-refractivity contribution >= 4 is 11.9 Å². The number of carboxylic acid groups (broad SMARTS) is 1. The van der Waals surface area contributed by atoms with Crippen LogP contribution in [-0.2, 0) is 9.59 Å². The first-order valence-corrected chi connectivity index (χ1v) is 4.68. The minimum absolute atomic E-state index is 0.0446. The highest BCUT2D eigenvalue weighted by Crippen LogP contribution is 2.46. The number of carbonyl (C=O) groups is 2. The number of rotatable bonds is 5. The molecule has 1 atom stereocenters. The van der Waals surface area contributed by atoms with E-state index in [0.717, 1.165) is 0 Å². The molecule has 4 heteroatoms. The second kappa shape index (κ2) is 3.82. The normalized spacial score (nSPS) is 19.5. The van der Waals surface area contributed by atoms with Crippen LogP contribution in [0.2, 0.25) is 0 Å². The van der Waals surface area contributed by atoms with Crippen molar-refractivity contribution in [2.45, 2.75) is 32.2 Å². The van der Waals surface area contributed by atoms with Crippen LogP contribution in [-0.4, -0.2) is 23.0 Å². The van der Waals surface area contributed by atoms with Crippen molar-refractivity contribution in [1.29, 1.82) is 0 Å². The molecule has 2 N–H and O–H groups in total. The predicted octanol–water partition coefficient (Wildman–Crippen LogP) is 0.932. The van der Waals surface area contributed by atoms with Crippen LogP contribution in [0.4, 0.5) is 0 Å². The molecule has 1 fully saturated rings. The van der Waals surface area contributed by atoms with Crippen LogP contribution in [0.3, 0.4) is 0 Å². The quantitative estimate of drug-likeness (QED) is 0.509. The molecule has 1 unspecified atom stereocenters. The lowest BCUT2D eigenvalue weighted by atomic mass is 10.1. The van der Waals surface area contributed by atoms with E-state index in [1.54, 1.807) is 6.08 Å². The van der Waals surface area contributed by atoms with Crippen molar-refractivity contribution in [2.75, 3.05) is 0 Å². The van der Waals surface area contributed by atoms with Crippen LogP contribution in [0.5, 0.6) is 0 Å². The van der Waals surface area contributed by atoms with E-state index in [1.807, 2.05) is 6.92 Å². The standard InChI is InChI=1S/C10H15NO3/c1-3-4-7(2)11-8(12)10(5-6-10)9(13)14/h3,7H,1,4-6H2,2H3,(H,11,12)(H,13,14). The summed E-state index contributed by atoms with van der Waals surface area (Å²) in [5, 5.41) is 11.5. The summed E-state index contributed by atoms with van der Waals surface area (Å²) < 4.78 is 0. The van der Waals surface area contributed by atoms with Gasteiger partial charge >= 0.3 is 5.97 Å². The van der Waals surface area contributed by atoms with Gasteiger partial charge < -0.3 is 10.4 Å². The Morgan fingerprint density at radius 3 is 2.57 bits per heavy atom. The predicted molar refractivity (Wildman–Crippen MR) is 51.7 cm³/mol. The fourth-order valence-corrected chi connectivity index (χ4v) is 1.33. The Balaban J connectivity index is 2.50. The second-order valence-corrected chi connectivity index (χ2v) is 3.79. The minimum atomic E-state index is -1.13. The van der Waals surface area contributed by atoms with E-state index < -0.39 is 11.4 Å². The fraction of sp³-hybridized carbons (Fsp3) is 0.600. The Hall–Kier alpha value is -1.32. The topological polar surface area (TPSA) is 66.4 Å². The zero-order valence-corrected chi connectivity index (χ0v) is 8.25. The van der Waals surface area contributed by atoms with Crippen LogP contribution < -0.4 is 5.32 Å². The molecule has 0 bridgehead atoms.